The van der Waals surface area contributed by atoms with Crippen LogP contribution in [0.4, 0.5) is 0 Å². The zero-order chi connectivity index (χ0) is 24.1. The molecule has 0 saturated carbocycles. The van der Waals surface area contributed by atoms with E-state index in [-0.39, 0.29) is 11.9 Å². The standard InChI is InChI=1S/C27H28Cl2N4O/c1-3-32(4-2)26(23-10-5-6-11-24(23)29)18-33-17-21-13-12-20(15-25(21)31-33)27(34)30-16-19-8-7-9-22(28)14-19/h5-15,17,26H,3-4,16,18H2,1-2H3,(H,30,34). The van der Waals surface area contributed by atoms with E-state index in [4.69, 9.17) is 28.3 Å². The van der Waals surface area contributed by atoms with Crippen LogP contribution in [0.5, 0.6) is 0 Å². The van der Waals surface area contributed by atoms with Crippen molar-refractivity contribution in [3.8, 4) is 0 Å². The molecule has 4 aromatic rings. The Bertz CT molecular complexity index is 1280. The summed E-state index contributed by atoms with van der Waals surface area (Å²) in [5.41, 5.74) is 3.40. The molecule has 0 aliphatic rings. The van der Waals surface area contributed by atoms with E-state index in [1.807, 2.05) is 71.5 Å². The van der Waals surface area contributed by atoms with Crippen molar-refractivity contribution in [3.63, 3.8) is 0 Å². The largest absolute Gasteiger partial charge is 0.348 e. The van der Waals surface area contributed by atoms with Gasteiger partial charge in [0.15, 0.2) is 0 Å². The van der Waals surface area contributed by atoms with Crippen molar-refractivity contribution in [1.29, 1.82) is 0 Å². The Morgan fingerprint density at radius 1 is 1.03 bits per heavy atom. The molecule has 1 N–H and O–H groups in total. The number of aromatic nitrogens is 2. The van der Waals surface area contributed by atoms with Crippen LogP contribution in [0.1, 0.15) is 41.4 Å². The fourth-order valence-electron chi connectivity index (χ4n) is 4.23. The van der Waals surface area contributed by atoms with E-state index in [0.717, 1.165) is 40.1 Å². The Morgan fingerprint density at radius 2 is 1.82 bits per heavy atom. The lowest BCUT2D eigenvalue weighted by Crippen LogP contribution is -2.31. The third-order valence-electron chi connectivity index (χ3n) is 6.04. The molecule has 1 heterocycles. The van der Waals surface area contributed by atoms with Crippen molar-refractivity contribution in [2.24, 2.45) is 0 Å². The van der Waals surface area contributed by atoms with Crippen LogP contribution < -0.4 is 5.32 Å². The predicted octanol–water partition coefficient (Wildman–Crippen LogP) is 6.36. The number of benzene rings is 3. The van der Waals surface area contributed by atoms with Gasteiger partial charge in [0.25, 0.3) is 5.91 Å². The van der Waals surface area contributed by atoms with Gasteiger partial charge in [-0.25, -0.2) is 0 Å². The topological polar surface area (TPSA) is 50.2 Å². The molecule has 0 aliphatic heterocycles. The first-order chi connectivity index (χ1) is 16.5. The van der Waals surface area contributed by atoms with E-state index in [9.17, 15) is 4.79 Å². The number of halogens is 2. The van der Waals surface area contributed by atoms with Crippen LogP contribution in [0.3, 0.4) is 0 Å². The van der Waals surface area contributed by atoms with Crippen LogP contribution in [-0.2, 0) is 13.1 Å². The number of carbonyl (C=O) groups excluding carboxylic acids is 1. The number of fused-ring (bicyclic) bond motifs is 1. The highest BCUT2D eigenvalue weighted by Gasteiger charge is 2.21. The maximum atomic E-state index is 12.7. The van der Waals surface area contributed by atoms with Gasteiger partial charge in [-0.15, -0.1) is 0 Å². The van der Waals surface area contributed by atoms with Gasteiger partial charge in [-0.3, -0.25) is 14.4 Å². The van der Waals surface area contributed by atoms with Gasteiger partial charge in [-0.2, -0.15) is 5.10 Å². The predicted molar refractivity (Wildman–Crippen MR) is 139 cm³/mol. The van der Waals surface area contributed by atoms with Crippen LogP contribution in [0.2, 0.25) is 10.0 Å². The normalized spacial score (nSPS) is 12.3. The maximum Gasteiger partial charge on any atom is 0.251 e. The fraction of sp³-hybridized carbons (Fsp3) is 0.259. The molecule has 4 rings (SSSR count). The van der Waals surface area contributed by atoms with Crippen LogP contribution in [0, 0.1) is 0 Å². The quantitative estimate of drug-likeness (QED) is 0.294. The Labute approximate surface area is 210 Å². The van der Waals surface area contributed by atoms with Gasteiger partial charge in [-0.05, 0) is 54.5 Å². The molecule has 0 bridgehead atoms. The van der Waals surface area contributed by atoms with Crippen LogP contribution in [0.25, 0.3) is 10.9 Å². The van der Waals surface area contributed by atoms with Gasteiger partial charge in [-0.1, -0.05) is 73.4 Å². The summed E-state index contributed by atoms with van der Waals surface area (Å²) in [6, 6.07) is 21.1. The molecular formula is C27H28Cl2N4O. The van der Waals surface area contributed by atoms with Crippen LogP contribution in [0.15, 0.2) is 72.9 Å². The van der Waals surface area contributed by atoms with E-state index < -0.39 is 0 Å². The number of likely N-dealkylation sites (N-methyl/N-ethyl adjacent to an activating group) is 1. The molecule has 0 aliphatic carbocycles. The molecule has 1 aromatic heterocycles. The Kier molecular flexibility index (Phi) is 7.88. The van der Waals surface area contributed by atoms with Crippen molar-refractivity contribution in [2.45, 2.75) is 33.0 Å². The lowest BCUT2D eigenvalue weighted by molar-refractivity contribution is 0.0951. The van der Waals surface area contributed by atoms with Gasteiger partial charge in [0.05, 0.1) is 18.1 Å². The number of carbonyl (C=O) groups is 1. The molecule has 1 atom stereocenters. The molecule has 176 valence electrons. The summed E-state index contributed by atoms with van der Waals surface area (Å²) >= 11 is 12.6. The molecule has 0 spiro atoms. The smallest absolute Gasteiger partial charge is 0.251 e. The zero-order valence-corrected chi connectivity index (χ0v) is 20.9. The molecule has 0 radical (unpaired) electrons. The highest BCUT2D eigenvalue weighted by molar-refractivity contribution is 6.31. The monoisotopic (exact) mass is 494 g/mol. The molecule has 7 heteroatoms. The molecule has 1 amide bonds. The highest BCUT2D eigenvalue weighted by Crippen LogP contribution is 2.29. The van der Waals surface area contributed by atoms with Crippen molar-refractivity contribution in [2.75, 3.05) is 13.1 Å². The summed E-state index contributed by atoms with van der Waals surface area (Å²) in [7, 11) is 0. The molecule has 34 heavy (non-hydrogen) atoms. The third kappa shape index (κ3) is 5.61. The van der Waals surface area contributed by atoms with E-state index in [0.29, 0.717) is 23.7 Å². The lowest BCUT2D eigenvalue weighted by Gasteiger charge is -2.30. The first-order valence-electron chi connectivity index (χ1n) is 11.5. The number of nitrogens with one attached hydrogen (secondary N) is 1. The zero-order valence-electron chi connectivity index (χ0n) is 19.3. The van der Waals surface area contributed by atoms with E-state index in [1.54, 1.807) is 0 Å². The number of hydrogen-bond donors (Lipinski definition) is 1. The van der Waals surface area contributed by atoms with Gasteiger partial charge in [0, 0.05) is 33.7 Å². The van der Waals surface area contributed by atoms with Gasteiger partial charge in [0.1, 0.15) is 0 Å². The summed E-state index contributed by atoms with van der Waals surface area (Å²) in [5.74, 6) is -0.145. The number of rotatable bonds is 9. The van der Waals surface area contributed by atoms with Crippen molar-refractivity contribution in [1.82, 2.24) is 20.0 Å². The average molecular weight is 495 g/mol. The molecule has 1 unspecified atom stereocenters. The summed E-state index contributed by atoms with van der Waals surface area (Å²) in [4.78, 5) is 15.1. The van der Waals surface area contributed by atoms with E-state index >= 15 is 0 Å². The molecule has 3 aromatic carbocycles. The second-order valence-corrected chi connectivity index (χ2v) is 9.04. The van der Waals surface area contributed by atoms with Gasteiger partial charge in [0.2, 0.25) is 0 Å². The summed E-state index contributed by atoms with van der Waals surface area (Å²) in [6.45, 7) is 7.20. The minimum absolute atomic E-state index is 0.0958. The first kappa shape index (κ1) is 24.3. The van der Waals surface area contributed by atoms with Crippen molar-refractivity contribution < 1.29 is 4.79 Å². The summed E-state index contributed by atoms with van der Waals surface area (Å²) in [6.07, 6.45) is 2.02. The second-order valence-electron chi connectivity index (χ2n) is 8.20. The molecule has 0 fully saturated rings. The SMILES string of the molecule is CCN(CC)C(Cn1cc2ccc(C(=O)NCc3cccc(Cl)c3)cc2n1)c1ccccc1Cl. The average Bonchev–Trinajstić information content (AvgIpc) is 3.25. The second kappa shape index (κ2) is 11.0. The van der Waals surface area contributed by atoms with Crippen LogP contribution in [-0.4, -0.2) is 33.7 Å². The van der Waals surface area contributed by atoms with Gasteiger partial charge >= 0.3 is 0 Å². The van der Waals surface area contributed by atoms with Gasteiger partial charge < -0.3 is 5.32 Å². The van der Waals surface area contributed by atoms with Crippen LogP contribution >= 0.6 is 23.2 Å². The van der Waals surface area contributed by atoms with Crippen molar-refractivity contribution in [3.05, 3.63) is 99.7 Å². The Balaban J connectivity index is 1.53. The third-order valence-corrected chi connectivity index (χ3v) is 6.62. The maximum absolute atomic E-state index is 12.7. The number of nitrogens with zero attached hydrogens (tertiary/aromatic N) is 3. The first-order valence-corrected chi connectivity index (χ1v) is 12.2. The summed E-state index contributed by atoms with van der Waals surface area (Å²) < 4.78 is 1.95. The minimum Gasteiger partial charge on any atom is -0.348 e. The summed E-state index contributed by atoms with van der Waals surface area (Å²) in [5, 5.41) is 10.1. The molecule has 0 saturated heterocycles. The molecular weight excluding hydrogens is 467 g/mol. The highest BCUT2D eigenvalue weighted by atomic mass is 35.5. The lowest BCUT2D eigenvalue weighted by atomic mass is 10.0. The van der Waals surface area contributed by atoms with Crippen molar-refractivity contribution >= 4 is 40.0 Å². The fourth-order valence-corrected chi connectivity index (χ4v) is 4.71. The van der Waals surface area contributed by atoms with E-state index in [1.165, 1.54) is 0 Å². The van der Waals surface area contributed by atoms with E-state index in [2.05, 4.69) is 30.1 Å². The molecule has 5 nitrogen and oxygen atoms in total. The minimum atomic E-state index is -0.145. The Morgan fingerprint density at radius 3 is 2.56 bits per heavy atom. The Hall–Kier alpha value is -2.86. The number of amides is 1. The number of hydrogen-bond acceptors (Lipinski definition) is 3.